The first kappa shape index (κ1) is 12.8. The van der Waals surface area contributed by atoms with Gasteiger partial charge in [0, 0.05) is 17.6 Å². The van der Waals surface area contributed by atoms with Crippen LogP contribution in [0.3, 0.4) is 0 Å². The molecule has 1 aromatic heterocycles. The molecule has 2 rings (SSSR count). The van der Waals surface area contributed by atoms with Gasteiger partial charge in [0.25, 0.3) is 0 Å². The van der Waals surface area contributed by atoms with Crippen molar-refractivity contribution in [3.05, 3.63) is 52.7 Å². The highest BCUT2D eigenvalue weighted by Gasteiger charge is 2.00. The van der Waals surface area contributed by atoms with Gasteiger partial charge in [-0.15, -0.1) is 5.10 Å². The van der Waals surface area contributed by atoms with Crippen molar-refractivity contribution >= 4 is 11.6 Å². The Morgan fingerprint density at radius 2 is 2.11 bits per heavy atom. The fourth-order valence-electron chi connectivity index (χ4n) is 1.48. The quantitative estimate of drug-likeness (QED) is 0.900. The predicted octanol–water partition coefficient (Wildman–Crippen LogP) is 2.43. The second kappa shape index (κ2) is 6.33. The largest absolute Gasteiger partial charge is 0.472 e. The second-order valence-electron chi connectivity index (χ2n) is 3.81. The van der Waals surface area contributed by atoms with Crippen molar-refractivity contribution in [1.29, 1.82) is 0 Å². The summed E-state index contributed by atoms with van der Waals surface area (Å²) in [4.78, 5) is 0. The summed E-state index contributed by atoms with van der Waals surface area (Å²) in [7, 11) is 1.87. The first-order valence-electron chi connectivity index (χ1n) is 5.62. The Kier molecular flexibility index (Phi) is 4.50. The zero-order valence-corrected chi connectivity index (χ0v) is 10.8. The number of hydrogen-bond acceptors (Lipinski definition) is 4. The molecule has 0 aliphatic heterocycles. The van der Waals surface area contributed by atoms with Crippen LogP contribution < -0.4 is 10.1 Å². The standard InChI is InChI=1S/C13H14ClN3O/c1-15-8-12-5-6-13(17-16-12)18-9-10-3-2-4-11(14)7-10/h2-7,15H,8-9H2,1H3. The van der Waals surface area contributed by atoms with E-state index in [1.807, 2.05) is 43.4 Å². The fraction of sp³-hybridized carbons (Fsp3) is 0.231. The first-order valence-corrected chi connectivity index (χ1v) is 6.00. The van der Waals surface area contributed by atoms with Crippen molar-refractivity contribution in [3.63, 3.8) is 0 Å². The lowest BCUT2D eigenvalue weighted by molar-refractivity contribution is 0.289. The topological polar surface area (TPSA) is 47.0 Å². The molecule has 5 heteroatoms. The van der Waals surface area contributed by atoms with Gasteiger partial charge in [-0.25, -0.2) is 0 Å². The fourth-order valence-corrected chi connectivity index (χ4v) is 1.70. The molecule has 0 atom stereocenters. The number of nitrogens with one attached hydrogen (secondary N) is 1. The Hall–Kier alpha value is -1.65. The van der Waals surface area contributed by atoms with Gasteiger partial charge in [0.1, 0.15) is 6.61 Å². The van der Waals surface area contributed by atoms with Gasteiger partial charge in [-0.3, -0.25) is 0 Å². The van der Waals surface area contributed by atoms with E-state index in [9.17, 15) is 0 Å². The van der Waals surface area contributed by atoms with Gasteiger partial charge < -0.3 is 10.1 Å². The molecule has 18 heavy (non-hydrogen) atoms. The molecule has 0 aliphatic rings. The zero-order valence-electron chi connectivity index (χ0n) is 10.1. The van der Waals surface area contributed by atoms with Crippen LogP contribution in [0.2, 0.25) is 5.02 Å². The molecule has 1 heterocycles. The van der Waals surface area contributed by atoms with Crippen LogP contribution in [0.25, 0.3) is 0 Å². The summed E-state index contributed by atoms with van der Waals surface area (Å²) in [6, 6.07) is 11.2. The van der Waals surface area contributed by atoms with E-state index in [-0.39, 0.29) is 0 Å². The lowest BCUT2D eigenvalue weighted by Gasteiger charge is -2.05. The number of halogens is 1. The summed E-state index contributed by atoms with van der Waals surface area (Å²) in [5, 5.41) is 11.7. The number of benzene rings is 1. The lowest BCUT2D eigenvalue weighted by atomic mass is 10.2. The van der Waals surface area contributed by atoms with Crippen LogP contribution in [0.5, 0.6) is 5.88 Å². The predicted molar refractivity (Wildman–Crippen MR) is 70.6 cm³/mol. The maximum absolute atomic E-state index is 5.89. The zero-order chi connectivity index (χ0) is 12.8. The third-order valence-corrected chi connectivity index (χ3v) is 2.56. The molecule has 94 valence electrons. The van der Waals surface area contributed by atoms with Crippen LogP contribution in [-0.4, -0.2) is 17.2 Å². The van der Waals surface area contributed by atoms with Crippen molar-refractivity contribution < 1.29 is 4.74 Å². The van der Waals surface area contributed by atoms with Crippen LogP contribution in [0.4, 0.5) is 0 Å². The molecular formula is C13H14ClN3O. The molecule has 0 radical (unpaired) electrons. The monoisotopic (exact) mass is 263 g/mol. The molecule has 0 saturated heterocycles. The Balaban J connectivity index is 1.93. The summed E-state index contributed by atoms with van der Waals surface area (Å²) in [6.45, 7) is 1.13. The summed E-state index contributed by atoms with van der Waals surface area (Å²) >= 11 is 5.89. The molecule has 0 fully saturated rings. The van der Waals surface area contributed by atoms with Crippen LogP contribution in [0, 0.1) is 0 Å². The minimum atomic E-state index is 0.431. The van der Waals surface area contributed by atoms with Gasteiger partial charge in [0.05, 0.1) is 5.69 Å². The molecule has 2 aromatic rings. The molecule has 4 nitrogen and oxygen atoms in total. The molecule has 0 bridgehead atoms. The van der Waals surface area contributed by atoms with E-state index in [1.165, 1.54) is 0 Å². The van der Waals surface area contributed by atoms with E-state index < -0.39 is 0 Å². The van der Waals surface area contributed by atoms with Crippen molar-refractivity contribution in [2.75, 3.05) is 7.05 Å². The van der Waals surface area contributed by atoms with E-state index in [4.69, 9.17) is 16.3 Å². The van der Waals surface area contributed by atoms with Crippen molar-refractivity contribution in [2.45, 2.75) is 13.2 Å². The highest BCUT2D eigenvalue weighted by atomic mass is 35.5. The van der Waals surface area contributed by atoms with E-state index in [0.29, 0.717) is 24.1 Å². The summed E-state index contributed by atoms with van der Waals surface area (Å²) in [6.07, 6.45) is 0. The summed E-state index contributed by atoms with van der Waals surface area (Å²) in [5.41, 5.74) is 1.89. The van der Waals surface area contributed by atoms with E-state index >= 15 is 0 Å². The number of hydrogen-bond donors (Lipinski definition) is 1. The van der Waals surface area contributed by atoms with Gasteiger partial charge in [-0.1, -0.05) is 23.7 Å². The highest BCUT2D eigenvalue weighted by molar-refractivity contribution is 6.30. The van der Waals surface area contributed by atoms with Crippen LogP contribution in [-0.2, 0) is 13.2 Å². The molecule has 0 unspecified atom stereocenters. The Morgan fingerprint density at radius 1 is 1.22 bits per heavy atom. The third kappa shape index (κ3) is 3.68. The normalized spacial score (nSPS) is 10.3. The van der Waals surface area contributed by atoms with E-state index in [2.05, 4.69) is 15.5 Å². The van der Waals surface area contributed by atoms with Gasteiger partial charge in [0.15, 0.2) is 0 Å². The third-order valence-electron chi connectivity index (χ3n) is 2.33. The van der Waals surface area contributed by atoms with Crippen molar-refractivity contribution in [3.8, 4) is 5.88 Å². The first-order chi connectivity index (χ1) is 8.78. The summed E-state index contributed by atoms with van der Waals surface area (Å²) < 4.78 is 5.53. The minimum absolute atomic E-state index is 0.431. The van der Waals surface area contributed by atoms with Crippen molar-refractivity contribution in [2.24, 2.45) is 0 Å². The van der Waals surface area contributed by atoms with Gasteiger partial charge in [-0.05, 0) is 30.8 Å². The Labute approximate surface area is 111 Å². The number of aromatic nitrogens is 2. The second-order valence-corrected chi connectivity index (χ2v) is 4.25. The van der Waals surface area contributed by atoms with Crippen LogP contribution >= 0.6 is 11.6 Å². The SMILES string of the molecule is CNCc1ccc(OCc2cccc(Cl)c2)nn1. The van der Waals surface area contributed by atoms with Gasteiger partial charge >= 0.3 is 0 Å². The number of rotatable bonds is 5. The molecule has 0 amide bonds. The molecule has 0 spiro atoms. The maximum atomic E-state index is 5.89. The molecular weight excluding hydrogens is 250 g/mol. The molecule has 0 saturated carbocycles. The molecule has 1 aromatic carbocycles. The Bertz CT molecular complexity index is 502. The van der Waals surface area contributed by atoms with E-state index in [0.717, 1.165) is 11.3 Å². The molecule has 0 aliphatic carbocycles. The Morgan fingerprint density at radius 3 is 2.78 bits per heavy atom. The minimum Gasteiger partial charge on any atom is -0.472 e. The van der Waals surface area contributed by atoms with Crippen LogP contribution in [0.15, 0.2) is 36.4 Å². The van der Waals surface area contributed by atoms with E-state index in [1.54, 1.807) is 0 Å². The number of ether oxygens (including phenoxy) is 1. The average molecular weight is 264 g/mol. The lowest BCUT2D eigenvalue weighted by Crippen LogP contribution is -2.08. The highest BCUT2D eigenvalue weighted by Crippen LogP contribution is 2.13. The molecule has 1 N–H and O–H groups in total. The van der Waals surface area contributed by atoms with Gasteiger partial charge in [-0.2, -0.15) is 5.10 Å². The van der Waals surface area contributed by atoms with Crippen molar-refractivity contribution in [1.82, 2.24) is 15.5 Å². The van der Waals surface area contributed by atoms with Crippen LogP contribution in [0.1, 0.15) is 11.3 Å². The summed E-state index contributed by atoms with van der Waals surface area (Å²) in [5.74, 6) is 0.509. The number of nitrogens with zero attached hydrogens (tertiary/aromatic N) is 2. The smallest absolute Gasteiger partial charge is 0.233 e. The average Bonchev–Trinajstić information content (AvgIpc) is 2.38. The van der Waals surface area contributed by atoms with Gasteiger partial charge in [0.2, 0.25) is 5.88 Å². The maximum Gasteiger partial charge on any atom is 0.233 e.